The molecule has 0 aliphatic carbocycles. The fraction of sp³-hybridized carbons (Fsp3) is 0.500. The van der Waals surface area contributed by atoms with Gasteiger partial charge in [0, 0.05) is 23.7 Å². The zero-order valence-electron chi connectivity index (χ0n) is 11.9. The summed E-state index contributed by atoms with van der Waals surface area (Å²) in [7, 11) is -3.83. The van der Waals surface area contributed by atoms with Gasteiger partial charge < -0.3 is 5.73 Å². The van der Waals surface area contributed by atoms with Crippen LogP contribution in [0.2, 0.25) is 0 Å². The summed E-state index contributed by atoms with van der Waals surface area (Å²) in [6.45, 7) is 6.56. The molecule has 1 aromatic rings. The molecule has 0 heterocycles. The largest absolute Gasteiger partial charge is 0.324 e. The fourth-order valence-electron chi connectivity index (χ4n) is 1.67. The van der Waals surface area contributed by atoms with Crippen molar-refractivity contribution in [3.63, 3.8) is 0 Å². The van der Waals surface area contributed by atoms with Gasteiger partial charge in [0.1, 0.15) is 0 Å². The monoisotopic (exact) mass is 301 g/mol. The van der Waals surface area contributed by atoms with E-state index in [0.29, 0.717) is 11.1 Å². The van der Waals surface area contributed by atoms with E-state index < -0.39 is 20.5 Å². The topological polar surface area (TPSA) is 115 Å². The maximum absolute atomic E-state index is 12.2. The first-order valence-corrected chi connectivity index (χ1v) is 7.46. The number of rotatable bonds is 5. The summed E-state index contributed by atoms with van der Waals surface area (Å²) in [5.74, 6) is 0. The maximum Gasteiger partial charge on any atom is 0.273 e. The average Bonchev–Trinajstić information content (AvgIpc) is 2.24. The molecule has 7 nitrogen and oxygen atoms in total. The van der Waals surface area contributed by atoms with E-state index in [1.807, 2.05) is 0 Å². The molecule has 1 aromatic carbocycles. The lowest BCUT2D eigenvalue weighted by Crippen LogP contribution is -2.45. The Labute approximate surface area is 118 Å². The van der Waals surface area contributed by atoms with E-state index in [0.717, 1.165) is 6.07 Å². The van der Waals surface area contributed by atoms with Crippen molar-refractivity contribution in [3.8, 4) is 0 Å². The molecule has 0 saturated heterocycles. The zero-order valence-corrected chi connectivity index (χ0v) is 12.7. The maximum atomic E-state index is 12.2. The first-order chi connectivity index (χ1) is 8.94. The van der Waals surface area contributed by atoms with Crippen molar-refractivity contribution in [1.82, 2.24) is 4.72 Å². The molecule has 0 fully saturated rings. The number of nitrogens with zero attached hydrogens (tertiary/aromatic N) is 1. The molecule has 1 rings (SSSR count). The minimum absolute atomic E-state index is 0.0381. The highest BCUT2D eigenvalue weighted by Gasteiger charge is 2.24. The number of nitrogens with two attached hydrogens (primary N) is 1. The van der Waals surface area contributed by atoms with Crippen LogP contribution in [-0.4, -0.2) is 25.4 Å². The molecule has 0 aliphatic heterocycles. The summed E-state index contributed by atoms with van der Waals surface area (Å²) in [5, 5.41) is 10.9. The molecule has 3 N–H and O–H groups in total. The van der Waals surface area contributed by atoms with E-state index in [1.54, 1.807) is 27.7 Å². The Morgan fingerprint density at radius 2 is 1.85 bits per heavy atom. The van der Waals surface area contributed by atoms with Gasteiger partial charge >= 0.3 is 0 Å². The van der Waals surface area contributed by atoms with E-state index in [1.165, 1.54) is 6.07 Å². The van der Waals surface area contributed by atoms with Crippen LogP contribution in [-0.2, 0) is 10.0 Å². The molecule has 0 bridgehead atoms. The second-order valence-electron chi connectivity index (χ2n) is 5.47. The van der Waals surface area contributed by atoms with Gasteiger partial charge in [0.2, 0.25) is 10.0 Å². The van der Waals surface area contributed by atoms with Crippen LogP contribution in [0.3, 0.4) is 0 Å². The first kappa shape index (κ1) is 16.5. The Morgan fingerprint density at radius 1 is 1.30 bits per heavy atom. The molecule has 0 aliphatic rings. The Kier molecular flexibility index (Phi) is 4.52. The van der Waals surface area contributed by atoms with E-state index in [9.17, 15) is 18.5 Å². The summed E-state index contributed by atoms with van der Waals surface area (Å²) in [4.78, 5) is 10.2. The van der Waals surface area contributed by atoms with Crippen molar-refractivity contribution in [2.75, 3.05) is 6.54 Å². The van der Waals surface area contributed by atoms with Crippen molar-refractivity contribution < 1.29 is 13.3 Å². The molecule has 0 unspecified atom stereocenters. The second kappa shape index (κ2) is 5.47. The van der Waals surface area contributed by atoms with Crippen molar-refractivity contribution >= 4 is 15.7 Å². The molecule has 112 valence electrons. The van der Waals surface area contributed by atoms with Gasteiger partial charge in [0.15, 0.2) is 0 Å². The number of hydrogen-bond donors (Lipinski definition) is 2. The lowest BCUT2D eigenvalue weighted by Gasteiger charge is -2.19. The van der Waals surface area contributed by atoms with E-state index in [-0.39, 0.29) is 17.1 Å². The Bertz CT molecular complexity index is 633. The lowest BCUT2D eigenvalue weighted by atomic mass is 10.1. The molecular formula is C12H19N3O4S. The molecule has 8 heteroatoms. The third-order valence-corrected chi connectivity index (χ3v) is 4.24. The van der Waals surface area contributed by atoms with Gasteiger partial charge in [-0.1, -0.05) is 0 Å². The van der Waals surface area contributed by atoms with E-state index in [4.69, 9.17) is 5.73 Å². The molecule has 0 saturated carbocycles. The SMILES string of the molecule is Cc1cc(C)c(S(=O)(=O)NCC(C)(C)N)cc1[N+](=O)[O-]. The van der Waals surface area contributed by atoms with Gasteiger partial charge in [-0.15, -0.1) is 0 Å². The summed E-state index contributed by atoms with van der Waals surface area (Å²) in [6.07, 6.45) is 0. The third-order valence-electron chi connectivity index (χ3n) is 2.70. The van der Waals surface area contributed by atoms with Crippen molar-refractivity contribution in [2.24, 2.45) is 5.73 Å². The number of nitro groups is 1. The van der Waals surface area contributed by atoms with Crippen molar-refractivity contribution in [3.05, 3.63) is 33.4 Å². The molecule has 0 amide bonds. The number of nitro benzene ring substituents is 1. The molecule has 0 radical (unpaired) electrons. The standard InChI is InChI=1S/C12H19N3O4S/c1-8-5-9(2)11(6-10(8)15(16)17)20(18,19)14-7-12(3,4)13/h5-6,14H,7,13H2,1-4H3. The third kappa shape index (κ3) is 3.99. The lowest BCUT2D eigenvalue weighted by molar-refractivity contribution is -0.385. The van der Waals surface area contributed by atoms with Crippen LogP contribution < -0.4 is 10.5 Å². The highest BCUT2D eigenvalue weighted by Crippen LogP contribution is 2.25. The molecule has 0 atom stereocenters. The van der Waals surface area contributed by atoms with Gasteiger partial charge in [-0.3, -0.25) is 10.1 Å². The van der Waals surface area contributed by atoms with Gasteiger partial charge in [-0.25, -0.2) is 13.1 Å². The van der Waals surface area contributed by atoms with Gasteiger partial charge in [-0.2, -0.15) is 0 Å². The van der Waals surface area contributed by atoms with Crippen molar-refractivity contribution in [1.29, 1.82) is 0 Å². The zero-order chi connectivity index (χ0) is 15.7. The average molecular weight is 301 g/mol. The van der Waals surface area contributed by atoms with Crippen LogP contribution >= 0.6 is 0 Å². The Hall–Kier alpha value is -1.51. The smallest absolute Gasteiger partial charge is 0.273 e. The van der Waals surface area contributed by atoms with Gasteiger partial charge in [0.25, 0.3) is 5.69 Å². The predicted octanol–water partition coefficient (Wildman–Crippen LogP) is 1.23. The van der Waals surface area contributed by atoms with Gasteiger partial charge in [0.05, 0.1) is 9.82 Å². The number of benzene rings is 1. The fourth-order valence-corrected chi connectivity index (χ4v) is 3.13. The van der Waals surface area contributed by atoms with E-state index in [2.05, 4.69) is 4.72 Å². The normalized spacial score (nSPS) is 12.4. The summed E-state index contributed by atoms with van der Waals surface area (Å²) in [6, 6.07) is 2.57. The number of hydrogen-bond acceptors (Lipinski definition) is 5. The second-order valence-corrected chi connectivity index (χ2v) is 7.21. The van der Waals surface area contributed by atoms with Crippen molar-refractivity contribution in [2.45, 2.75) is 38.1 Å². The van der Waals surface area contributed by atoms with Crippen LogP contribution in [0.4, 0.5) is 5.69 Å². The van der Waals surface area contributed by atoms with Crippen LogP contribution in [0.15, 0.2) is 17.0 Å². The molecule has 0 spiro atoms. The summed E-state index contributed by atoms with van der Waals surface area (Å²) < 4.78 is 26.8. The number of sulfonamides is 1. The molecular weight excluding hydrogens is 282 g/mol. The van der Waals surface area contributed by atoms with Crippen LogP contribution in [0.25, 0.3) is 0 Å². The highest BCUT2D eigenvalue weighted by molar-refractivity contribution is 7.89. The van der Waals surface area contributed by atoms with Crippen LogP contribution in [0.5, 0.6) is 0 Å². The molecule has 20 heavy (non-hydrogen) atoms. The predicted molar refractivity (Wildman–Crippen MR) is 76.0 cm³/mol. The molecule has 0 aromatic heterocycles. The minimum Gasteiger partial charge on any atom is -0.324 e. The van der Waals surface area contributed by atoms with Gasteiger partial charge in [-0.05, 0) is 39.3 Å². The summed E-state index contributed by atoms with van der Waals surface area (Å²) >= 11 is 0. The number of aryl methyl sites for hydroxylation is 2. The minimum atomic E-state index is -3.83. The van der Waals surface area contributed by atoms with E-state index >= 15 is 0 Å². The first-order valence-electron chi connectivity index (χ1n) is 5.98. The quantitative estimate of drug-likeness (QED) is 0.627. The highest BCUT2D eigenvalue weighted by atomic mass is 32.2. The van der Waals surface area contributed by atoms with Crippen LogP contribution in [0, 0.1) is 24.0 Å². The Morgan fingerprint density at radius 3 is 2.30 bits per heavy atom. The number of nitrogens with one attached hydrogen (secondary N) is 1. The summed E-state index contributed by atoms with van der Waals surface area (Å²) in [5.41, 5.74) is 5.67. The van der Waals surface area contributed by atoms with Crippen LogP contribution in [0.1, 0.15) is 25.0 Å². The Balaban J connectivity index is 3.25.